The first kappa shape index (κ1) is 17.1. The van der Waals surface area contributed by atoms with Gasteiger partial charge in [0.25, 0.3) is 5.56 Å². The predicted molar refractivity (Wildman–Crippen MR) is 99.4 cm³/mol. The molecule has 2 aliphatic rings. The van der Waals surface area contributed by atoms with Crippen molar-refractivity contribution in [2.75, 3.05) is 6.61 Å². The molecule has 134 valence electrons. The van der Waals surface area contributed by atoms with Gasteiger partial charge in [0.05, 0.1) is 23.3 Å². The zero-order valence-electron chi connectivity index (χ0n) is 14.1. The van der Waals surface area contributed by atoms with Gasteiger partial charge in [-0.15, -0.1) is 11.3 Å². The smallest absolute Gasteiger partial charge is 0.263 e. The minimum atomic E-state index is -0.438. The maximum absolute atomic E-state index is 13.3. The summed E-state index contributed by atoms with van der Waals surface area (Å²) in [4.78, 5) is 31.6. The molecular weight excluding hydrogens is 358 g/mol. The Morgan fingerprint density at radius 2 is 2.32 bits per heavy atom. The molecule has 3 heterocycles. The average Bonchev–Trinajstić information content (AvgIpc) is 3.27. The van der Waals surface area contributed by atoms with Gasteiger partial charge in [0, 0.05) is 11.5 Å². The third-order valence-electron chi connectivity index (χ3n) is 4.88. The van der Waals surface area contributed by atoms with Gasteiger partial charge in [-0.2, -0.15) is 0 Å². The number of nitrogens with zero attached hydrogens (tertiary/aromatic N) is 2. The number of carbonyl (C=O) groups excluding carboxylic acids is 1. The van der Waals surface area contributed by atoms with Crippen molar-refractivity contribution in [3.05, 3.63) is 20.8 Å². The Morgan fingerprint density at radius 3 is 3.04 bits per heavy atom. The molecule has 2 N–H and O–H groups in total. The Bertz CT molecular complexity index is 883. The Labute approximate surface area is 153 Å². The lowest BCUT2D eigenvalue weighted by atomic mass is 10.2. The van der Waals surface area contributed by atoms with Gasteiger partial charge in [-0.3, -0.25) is 14.2 Å². The van der Waals surface area contributed by atoms with Crippen molar-refractivity contribution in [3.8, 4) is 0 Å². The number of primary amides is 1. The van der Waals surface area contributed by atoms with Crippen molar-refractivity contribution in [2.45, 2.75) is 62.1 Å². The zero-order valence-corrected chi connectivity index (χ0v) is 15.8. The fourth-order valence-electron chi connectivity index (χ4n) is 3.52. The van der Waals surface area contributed by atoms with Crippen molar-refractivity contribution in [2.24, 2.45) is 5.73 Å². The third-order valence-corrected chi connectivity index (χ3v) is 7.18. The second-order valence-electron chi connectivity index (χ2n) is 6.65. The van der Waals surface area contributed by atoms with Gasteiger partial charge < -0.3 is 10.5 Å². The lowest BCUT2D eigenvalue weighted by Gasteiger charge is -2.17. The van der Waals surface area contributed by atoms with Gasteiger partial charge in [-0.05, 0) is 44.6 Å². The number of fused-ring (bicyclic) bond motifs is 3. The highest BCUT2D eigenvalue weighted by atomic mass is 32.2. The first-order chi connectivity index (χ1) is 12.0. The molecular formula is C17H21N3O3S2. The second-order valence-corrected chi connectivity index (χ2v) is 9.04. The number of amides is 1. The zero-order chi connectivity index (χ0) is 17.6. The van der Waals surface area contributed by atoms with Crippen molar-refractivity contribution in [3.63, 3.8) is 0 Å². The minimum absolute atomic E-state index is 0.000861. The van der Waals surface area contributed by atoms with Gasteiger partial charge >= 0.3 is 0 Å². The lowest BCUT2D eigenvalue weighted by molar-refractivity contribution is -0.117. The molecule has 8 heteroatoms. The van der Waals surface area contributed by atoms with Crippen LogP contribution in [0.5, 0.6) is 0 Å². The molecule has 0 unspecified atom stereocenters. The molecule has 1 fully saturated rings. The molecule has 0 aromatic carbocycles. The fraction of sp³-hybridized carbons (Fsp3) is 0.588. The standard InChI is InChI=1S/C17H21N3O3S2/c1-9(14(18)21)24-17-19-15-13(11-5-2-6-12(11)25-15)16(22)20(17)8-10-4-3-7-23-10/h9-10H,2-8H2,1H3,(H2,18,21)/t9-,10-/m1/s1. The lowest BCUT2D eigenvalue weighted by Crippen LogP contribution is -2.30. The molecule has 1 saturated heterocycles. The first-order valence-corrected chi connectivity index (χ1v) is 10.4. The van der Waals surface area contributed by atoms with Gasteiger partial charge in [0.15, 0.2) is 5.16 Å². The van der Waals surface area contributed by atoms with Gasteiger partial charge in [0.2, 0.25) is 5.91 Å². The van der Waals surface area contributed by atoms with Crippen LogP contribution in [0.1, 0.15) is 36.6 Å². The van der Waals surface area contributed by atoms with Gasteiger partial charge in [-0.25, -0.2) is 4.98 Å². The minimum Gasteiger partial charge on any atom is -0.376 e. The number of nitrogens with two attached hydrogens (primary N) is 1. The molecule has 6 nitrogen and oxygen atoms in total. The van der Waals surface area contributed by atoms with Crippen LogP contribution >= 0.6 is 23.1 Å². The number of ether oxygens (including phenoxy) is 1. The molecule has 1 aliphatic heterocycles. The van der Waals surface area contributed by atoms with E-state index in [0.29, 0.717) is 11.7 Å². The molecule has 0 saturated carbocycles. The van der Waals surface area contributed by atoms with E-state index >= 15 is 0 Å². The summed E-state index contributed by atoms with van der Waals surface area (Å²) in [5.74, 6) is -0.406. The molecule has 1 aliphatic carbocycles. The summed E-state index contributed by atoms with van der Waals surface area (Å²) in [5.41, 5.74) is 6.59. The Balaban J connectivity index is 1.82. The van der Waals surface area contributed by atoms with Crippen molar-refractivity contribution in [1.82, 2.24) is 9.55 Å². The molecule has 25 heavy (non-hydrogen) atoms. The highest BCUT2D eigenvalue weighted by molar-refractivity contribution is 8.00. The van der Waals surface area contributed by atoms with Crippen LogP contribution < -0.4 is 11.3 Å². The Kier molecular flexibility index (Phi) is 4.59. The molecule has 2 aromatic rings. The van der Waals surface area contributed by atoms with E-state index < -0.39 is 11.2 Å². The molecule has 2 aromatic heterocycles. The molecule has 0 spiro atoms. The van der Waals surface area contributed by atoms with Crippen LogP contribution in [0, 0.1) is 0 Å². The summed E-state index contributed by atoms with van der Waals surface area (Å²) < 4.78 is 7.42. The first-order valence-electron chi connectivity index (χ1n) is 8.67. The number of thioether (sulfide) groups is 1. The number of thiophene rings is 1. The van der Waals surface area contributed by atoms with Gasteiger partial charge in [-0.1, -0.05) is 11.8 Å². The topological polar surface area (TPSA) is 87.2 Å². The van der Waals surface area contributed by atoms with E-state index in [2.05, 4.69) is 0 Å². The van der Waals surface area contributed by atoms with E-state index in [-0.39, 0.29) is 11.7 Å². The molecule has 0 radical (unpaired) electrons. The Morgan fingerprint density at radius 1 is 1.48 bits per heavy atom. The quantitative estimate of drug-likeness (QED) is 0.635. The molecule has 0 bridgehead atoms. The van der Waals surface area contributed by atoms with Crippen LogP contribution in [0.25, 0.3) is 10.2 Å². The maximum atomic E-state index is 13.3. The summed E-state index contributed by atoms with van der Waals surface area (Å²) in [6.45, 7) is 2.97. The molecule has 1 amide bonds. The normalized spacial score (nSPS) is 20.9. The van der Waals surface area contributed by atoms with Crippen LogP contribution in [0.15, 0.2) is 9.95 Å². The number of rotatable bonds is 5. The van der Waals surface area contributed by atoms with E-state index in [4.69, 9.17) is 15.5 Å². The maximum Gasteiger partial charge on any atom is 0.263 e. The average molecular weight is 380 g/mol. The molecule has 2 atom stereocenters. The predicted octanol–water partition coefficient (Wildman–Crippen LogP) is 2.09. The SMILES string of the molecule is C[C@@H](Sc1nc2sc3c(c2c(=O)n1C[C@H]1CCCO1)CCC3)C(N)=O. The van der Waals surface area contributed by atoms with Crippen molar-refractivity contribution < 1.29 is 9.53 Å². The van der Waals surface area contributed by atoms with Crippen LogP contribution in [-0.2, 0) is 28.9 Å². The monoisotopic (exact) mass is 379 g/mol. The number of hydrogen-bond acceptors (Lipinski definition) is 6. The highest BCUT2D eigenvalue weighted by Gasteiger charge is 2.26. The largest absolute Gasteiger partial charge is 0.376 e. The summed E-state index contributed by atoms with van der Waals surface area (Å²) in [6.07, 6.45) is 5.09. The molecule has 4 rings (SSSR count). The summed E-state index contributed by atoms with van der Waals surface area (Å²) in [6, 6.07) is 0. The number of aromatic nitrogens is 2. The van der Waals surface area contributed by atoms with E-state index in [9.17, 15) is 9.59 Å². The summed E-state index contributed by atoms with van der Waals surface area (Å²) in [7, 11) is 0. The summed E-state index contributed by atoms with van der Waals surface area (Å²) in [5, 5.41) is 0.901. The van der Waals surface area contributed by atoms with E-state index in [1.807, 2.05) is 0 Å². The van der Waals surface area contributed by atoms with Crippen LogP contribution in [0.2, 0.25) is 0 Å². The number of aryl methyl sites for hydroxylation is 2. The van der Waals surface area contributed by atoms with E-state index in [0.717, 1.165) is 48.9 Å². The van der Waals surface area contributed by atoms with Crippen molar-refractivity contribution in [1.29, 1.82) is 0 Å². The highest BCUT2D eigenvalue weighted by Crippen LogP contribution is 2.36. The summed E-state index contributed by atoms with van der Waals surface area (Å²) >= 11 is 2.88. The van der Waals surface area contributed by atoms with Gasteiger partial charge in [0.1, 0.15) is 4.83 Å². The van der Waals surface area contributed by atoms with Crippen molar-refractivity contribution >= 4 is 39.2 Å². The number of hydrogen-bond donors (Lipinski definition) is 1. The van der Waals surface area contributed by atoms with E-state index in [1.165, 1.54) is 22.2 Å². The number of carbonyl (C=O) groups is 1. The second kappa shape index (κ2) is 6.74. The van der Waals surface area contributed by atoms with Crippen LogP contribution in [-0.4, -0.2) is 33.4 Å². The van der Waals surface area contributed by atoms with Crippen LogP contribution in [0.3, 0.4) is 0 Å². The fourth-order valence-corrected chi connectivity index (χ4v) is 5.69. The third kappa shape index (κ3) is 3.11. The van der Waals surface area contributed by atoms with Crippen LogP contribution in [0.4, 0.5) is 0 Å². The Hall–Kier alpha value is -1.38. The van der Waals surface area contributed by atoms with E-state index in [1.54, 1.807) is 22.8 Å².